The zero-order valence-electron chi connectivity index (χ0n) is 7.41. The van der Waals surface area contributed by atoms with Crippen LogP contribution in [-0.2, 0) is 5.41 Å². The van der Waals surface area contributed by atoms with E-state index in [1.807, 2.05) is 6.92 Å². The highest BCUT2D eigenvalue weighted by atomic mass is 35.5. The van der Waals surface area contributed by atoms with Gasteiger partial charge in [0.25, 0.3) is 0 Å². The molecule has 3 rings (SSSR count). The van der Waals surface area contributed by atoms with Crippen molar-refractivity contribution in [3.63, 3.8) is 0 Å². The molecule has 0 radical (unpaired) electrons. The first-order chi connectivity index (χ1) is 5.81. The number of fused-ring (bicyclic) bond motifs is 1. The Bertz CT molecular complexity index is 327. The third-order valence-electron chi connectivity index (χ3n) is 3.04. The first-order valence-corrected chi connectivity index (χ1v) is 4.33. The molecule has 1 aliphatic carbocycles. The summed E-state index contributed by atoms with van der Waals surface area (Å²) >= 11 is 0. The van der Waals surface area contributed by atoms with Crippen LogP contribution in [0.1, 0.15) is 18.1 Å². The lowest BCUT2D eigenvalue weighted by molar-refractivity contribution is 0.381. The van der Waals surface area contributed by atoms with Crippen LogP contribution in [0.3, 0.4) is 0 Å². The predicted molar refractivity (Wildman–Crippen MR) is 48.9 cm³/mol. The highest BCUT2D eigenvalue weighted by Crippen LogP contribution is 2.55. The second-order valence-electron chi connectivity index (χ2n) is 3.83. The number of aromatic nitrogens is 2. The summed E-state index contributed by atoms with van der Waals surface area (Å²) in [7, 11) is 0. The molecular weight excluding hydrogens is 190 g/mol. The van der Waals surface area contributed by atoms with E-state index in [0.717, 1.165) is 24.8 Å². The van der Waals surface area contributed by atoms with Crippen LogP contribution in [-0.4, -0.2) is 23.2 Å². The van der Waals surface area contributed by atoms with Crippen LogP contribution in [0.15, 0.2) is 4.52 Å². The van der Waals surface area contributed by atoms with Crippen molar-refractivity contribution in [2.24, 2.45) is 5.92 Å². The Kier molecular flexibility index (Phi) is 1.85. The largest absolute Gasteiger partial charge is 0.340 e. The summed E-state index contributed by atoms with van der Waals surface area (Å²) in [6.45, 7) is 3.98. The molecule has 1 aliphatic heterocycles. The van der Waals surface area contributed by atoms with Crippen molar-refractivity contribution in [1.82, 2.24) is 15.5 Å². The van der Waals surface area contributed by atoms with E-state index >= 15 is 0 Å². The first-order valence-electron chi connectivity index (χ1n) is 4.33. The molecule has 1 aromatic rings. The lowest BCUT2D eigenvalue weighted by Gasteiger charge is -2.03. The van der Waals surface area contributed by atoms with Gasteiger partial charge in [-0.3, -0.25) is 0 Å². The number of hydrogen-bond donors (Lipinski definition) is 1. The molecule has 4 nitrogen and oxygen atoms in total. The predicted octanol–water partition coefficient (Wildman–Crippen LogP) is 0.661. The number of halogens is 1. The molecule has 2 fully saturated rings. The number of nitrogens with one attached hydrogen (secondary N) is 1. The molecule has 13 heavy (non-hydrogen) atoms. The SMILES string of the molecule is Cc1nc(C23CNCC2C3)no1.Cl. The van der Waals surface area contributed by atoms with Crippen LogP contribution < -0.4 is 5.32 Å². The van der Waals surface area contributed by atoms with Gasteiger partial charge in [0.05, 0.1) is 5.41 Å². The maximum Gasteiger partial charge on any atom is 0.223 e. The fourth-order valence-corrected chi connectivity index (χ4v) is 2.19. The Morgan fingerprint density at radius 3 is 2.92 bits per heavy atom. The standard InChI is InChI=1S/C8H11N3O.ClH/c1-5-10-7(11-12-5)8-2-6(8)3-9-4-8;/h6,9H,2-4H2,1H3;1H. The minimum absolute atomic E-state index is 0. The van der Waals surface area contributed by atoms with Gasteiger partial charge < -0.3 is 9.84 Å². The van der Waals surface area contributed by atoms with E-state index in [-0.39, 0.29) is 17.8 Å². The zero-order chi connectivity index (χ0) is 8.18. The van der Waals surface area contributed by atoms with E-state index in [1.54, 1.807) is 0 Å². The molecular formula is C8H12ClN3O. The molecule has 1 saturated heterocycles. The van der Waals surface area contributed by atoms with Gasteiger partial charge in [-0.1, -0.05) is 5.16 Å². The van der Waals surface area contributed by atoms with Gasteiger partial charge in [-0.15, -0.1) is 12.4 Å². The van der Waals surface area contributed by atoms with Crippen molar-refractivity contribution in [2.45, 2.75) is 18.8 Å². The van der Waals surface area contributed by atoms with Crippen molar-refractivity contribution < 1.29 is 4.52 Å². The molecule has 0 spiro atoms. The Morgan fingerprint density at radius 2 is 2.46 bits per heavy atom. The third kappa shape index (κ3) is 1.09. The smallest absolute Gasteiger partial charge is 0.223 e. The van der Waals surface area contributed by atoms with Crippen molar-refractivity contribution in [2.75, 3.05) is 13.1 Å². The Hall–Kier alpha value is -0.610. The Morgan fingerprint density at radius 1 is 1.62 bits per heavy atom. The summed E-state index contributed by atoms with van der Waals surface area (Å²) < 4.78 is 4.98. The molecule has 2 heterocycles. The van der Waals surface area contributed by atoms with E-state index in [4.69, 9.17) is 4.52 Å². The van der Waals surface area contributed by atoms with Gasteiger partial charge in [0.1, 0.15) is 0 Å². The van der Waals surface area contributed by atoms with Crippen molar-refractivity contribution in [3.8, 4) is 0 Å². The molecule has 72 valence electrons. The Labute approximate surface area is 82.5 Å². The molecule has 2 atom stereocenters. The lowest BCUT2D eigenvalue weighted by atomic mass is 10.1. The molecule has 2 aliphatic rings. The molecule has 5 heteroatoms. The van der Waals surface area contributed by atoms with E-state index in [9.17, 15) is 0 Å². The van der Waals surface area contributed by atoms with Crippen LogP contribution >= 0.6 is 12.4 Å². The van der Waals surface area contributed by atoms with Crippen molar-refractivity contribution >= 4 is 12.4 Å². The number of piperidine rings is 1. The number of hydrogen-bond acceptors (Lipinski definition) is 4. The second-order valence-corrected chi connectivity index (χ2v) is 3.83. The van der Waals surface area contributed by atoms with Gasteiger partial charge in [-0.25, -0.2) is 0 Å². The lowest BCUT2D eigenvalue weighted by Crippen LogP contribution is -2.20. The third-order valence-corrected chi connectivity index (χ3v) is 3.04. The number of aryl methyl sites for hydroxylation is 1. The van der Waals surface area contributed by atoms with Gasteiger partial charge >= 0.3 is 0 Å². The highest BCUT2D eigenvalue weighted by molar-refractivity contribution is 5.85. The number of rotatable bonds is 1. The van der Waals surface area contributed by atoms with Gasteiger partial charge in [-0.05, 0) is 18.9 Å². The summed E-state index contributed by atoms with van der Waals surface area (Å²) in [5.41, 5.74) is 0.248. The van der Waals surface area contributed by atoms with Crippen LogP contribution in [0, 0.1) is 12.8 Å². The van der Waals surface area contributed by atoms with Crippen LogP contribution in [0.5, 0.6) is 0 Å². The van der Waals surface area contributed by atoms with Crippen LogP contribution in [0.25, 0.3) is 0 Å². The molecule has 0 bridgehead atoms. The minimum atomic E-state index is 0. The van der Waals surface area contributed by atoms with E-state index < -0.39 is 0 Å². The van der Waals surface area contributed by atoms with Gasteiger partial charge in [0, 0.05) is 13.5 Å². The minimum Gasteiger partial charge on any atom is -0.340 e. The molecule has 0 amide bonds. The summed E-state index contributed by atoms with van der Waals surface area (Å²) in [6, 6.07) is 0. The monoisotopic (exact) mass is 201 g/mol. The van der Waals surface area contributed by atoms with Gasteiger partial charge in [0.15, 0.2) is 5.82 Å². The highest BCUT2D eigenvalue weighted by Gasteiger charge is 2.61. The maximum atomic E-state index is 4.98. The summed E-state index contributed by atoms with van der Waals surface area (Å²) in [5, 5.41) is 7.33. The maximum absolute atomic E-state index is 4.98. The van der Waals surface area contributed by atoms with Gasteiger partial charge in [0.2, 0.25) is 5.89 Å². The van der Waals surface area contributed by atoms with Crippen molar-refractivity contribution in [3.05, 3.63) is 11.7 Å². The second kappa shape index (κ2) is 2.69. The molecule has 1 saturated carbocycles. The van der Waals surface area contributed by atoms with Crippen LogP contribution in [0.4, 0.5) is 0 Å². The quantitative estimate of drug-likeness (QED) is 0.726. The van der Waals surface area contributed by atoms with E-state index in [0.29, 0.717) is 5.89 Å². The first kappa shape index (κ1) is 8.97. The fourth-order valence-electron chi connectivity index (χ4n) is 2.19. The zero-order valence-corrected chi connectivity index (χ0v) is 8.23. The molecule has 0 aromatic carbocycles. The average molecular weight is 202 g/mol. The fraction of sp³-hybridized carbons (Fsp3) is 0.750. The molecule has 1 aromatic heterocycles. The topological polar surface area (TPSA) is 51.0 Å². The van der Waals surface area contributed by atoms with E-state index in [2.05, 4.69) is 15.5 Å². The molecule has 1 N–H and O–H groups in total. The number of nitrogens with zero attached hydrogens (tertiary/aromatic N) is 2. The van der Waals surface area contributed by atoms with Crippen molar-refractivity contribution in [1.29, 1.82) is 0 Å². The Balaban J connectivity index is 0.000000653. The van der Waals surface area contributed by atoms with Crippen LogP contribution in [0.2, 0.25) is 0 Å². The molecule has 2 unspecified atom stereocenters. The summed E-state index contributed by atoms with van der Waals surface area (Å²) in [5.74, 6) is 2.35. The average Bonchev–Trinajstić information content (AvgIpc) is 2.50. The summed E-state index contributed by atoms with van der Waals surface area (Å²) in [6.07, 6.45) is 1.24. The summed E-state index contributed by atoms with van der Waals surface area (Å²) in [4.78, 5) is 4.29. The normalized spacial score (nSPS) is 35.3. The van der Waals surface area contributed by atoms with Gasteiger partial charge in [-0.2, -0.15) is 4.98 Å². The van der Waals surface area contributed by atoms with E-state index in [1.165, 1.54) is 6.42 Å².